The third-order valence-electron chi connectivity index (χ3n) is 4.50. The fourth-order valence-corrected chi connectivity index (χ4v) is 3.14. The molecule has 0 saturated carbocycles. The van der Waals surface area contributed by atoms with Gasteiger partial charge in [-0.2, -0.15) is 0 Å². The standard InChI is InChI=1S/C16H24ClNO2/c1-5-16(2,19-4)14(18-3)10-12-9-13(17)8-11-6-7-20-15(11)12/h8-9,14,18H,5-7,10H2,1-4H3. The Kier molecular flexibility index (Phi) is 4.95. The summed E-state index contributed by atoms with van der Waals surface area (Å²) in [4.78, 5) is 0. The highest BCUT2D eigenvalue weighted by molar-refractivity contribution is 6.30. The Morgan fingerprint density at radius 3 is 2.85 bits per heavy atom. The van der Waals surface area contributed by atoms with Gasteiger partial charge < -0.3 is 14.8 Å². The summed E-state index contributed by atoms with van der Waals surface area (Å²) >= 11 is 6.23. The van der Waals surface area contributed by atoms with Crippen molar-refractivity contribution >= 4 is 11.6 Å². The van der Waals surface area contributed by atoms with E-state index < -0.39 is 0 Å². The molecule has 1 heterocycles. The molecule has 20 heavy (non-hydrogen) atoms. The van der Waals surface area contributed by atoms with E-state index in [1.54, 1.807) is 7.11 Å². The van der Waals surface area contributed by atoms with Crippen LogP contribution in [0.2, 0.25) is 5.02 Å². The summed E-state index contributed by atoms with van der Waals surface area (Å²) in [6.07, 6.45) is 2.73. The first-order valence-electron chi connectivity index (χ1n) is 7.20. The Hall–Kier alpha value is -0.770. The van der Waals surface area contributed by atoms with Crippen molar-refractivity contribution in [3.63, 3.8) is 0 Å². The predicted molar refractivity (Wildman–Crippen MR) is 82.9 cm³/mol. The maximum Gasteiger partial charge on any atom is 0.125 e. The SMILES string of the molecule is CCC(C)(OC)C(Cc1cc(Cl)cc2c1OCC2)NC. The van der Waals surface area contributed by atoms with Gasteiger partial charge in [0, 0.05) is 24.6 Å². The number of nitrogens with one attached hydrogen (secondary N) is 1. The summed E-state index contributed by atoms with van der Waals surface area (Å²) in [5.41, 5.74) is 2.18. The second kappa shape index (κ2) is 6.33. The molecule has 0 spiro atoms. The minimum absolute atomic E-state index is 0.206. The highest BCUT2D eigenvalue weighted by Crippen LogP contribution is 2.35. The van der Waals surface area contributed by atoms with Crippen molar-refractivity contribution in [2.45, 2.75) is 44.8 Å². The second-order valence-electron chi connectivity index (χ2n) is 5.57. The van der Waals surface area contributed by atoms with Crippen molar-refractivity contribution < 1.29 is 9.47 Å². The van der Waals surface area contributed by atoms with Crippen LogP contribution in [0.1, 0.15) is 31.4 Å². The predicted octanol–water partition coefficient (Wildman–Crippen LogP) is 3.22. The van der Waals surface area contributed by atoms with Crippen molar-refractivity contribution in [3.05, 3.63) is 28.3 Å². The molecule has 112 valence electrons. The van der Waals surface area contributed by atoms with Crippen LogP contribution in [0.3, 0.4) is 0 Å². The van der Waals surface area contributed by atoms with E-state index in [1.165, 1.54) is 11.1 Å². The van der Waals surface area contributed by atoms with Gasteiger partial charge in [-0.1, -0.05) is 18.5 Å². The van der Waals surface area contributed by atoms with Gasteiger partial charge in [0.2, 0.25) is 0 Å². The molecule has 2 rings (SSSR count). The Labute approximate surface area is 126 Å². The summed E-state index contributed by atoms with van der Waals surface area (Å²) in [6.45, 7) is 5.04. The van der Waals surface area contributed by atoms with Crippen molar-refractivity contribution in [1.29, 1.82) is 0 Å². The fourth-order valence-electron chi connectivity index (χ4n) is 2.87. The molecule has 1 aliphatic rings. The molecule has 1 N–H and O–H groups in total. The Morgan fingerprint density at radius 1 is 1.50 bits per heavy atom. The van der Waals surface area contributed by atoms with Crippen LogP contribution >= 0.6 is 11.6 Å². The zero-order valence-electron chi connectivity index (χ0n) is 12.8. The van der Waals surface area contributed by atoms with Gasteiger partial charge in [0.05, 0.1) is 12.2 Å². The van der Waals surface area contributed by atoms with E-state index in [9.17, 15) is 0 Å². The lowest BCUT2D eigenvalue weighted by Crippen LogP contribution is -2.49. The van der Waals surface area contributed by atoms with Crippen LogP contribution in [0.4, 0.5) is 0 Å². The first-order valence-corrected chi connectivity index (χ1v) is 7.58. The topological polar surface area (TPSA) is 30.5 Å². The van der Waals surface area contributed by atoms with E-state index in [4.69, 9.17) is 21.1 Å². The number of fused-ring (bicyclic) bond motifs is 1. The number of ether oxygens (including phenoxy) is 2. The highest BCUT2D eigenvalue weighted by atomic mass is 35.5. The molecule has 2 unspecified atom stereocenters. The molecule has 0 fully saturated rings. The molecule has 0 aromatic heterocycles. The van der Waals surface area contributed by atoms with Crippen LogP contribution in [0.15, 0.2) is 12.1 Å². The lowest BCUT2D eigenvalue weighted by atomic mass is 9.87. The third-order valence-corrected chi connectivity index (χ3v) is 4.72. The zero-order valence-corrected chi connectivity index (χ0v) is 13.5. The van der Waals surface area contributed by atoms with Gasteiger partial charge in [0.15, 0.2) is 0 Å². The molecular weight excluding hydrogens is 274 g/mol. The average molecular weight is 298 g/mol. The Balaban J connectivity index is 2.29. The lowest BCUT2D eigenvalue weighted by Gasteiger charge is -2.36. The molecular formula is C16H24ClNO2. The first-order chi connectivity index (χ1) is 9.54. The van der Waals surface area contributed by atoms with Gasteiger partial charge in [-0.25, -0.2) is 0 Å². The Bertz CT molecular complexity index is 472. The van der Waals surface area contributed by atoms with E-state index in [1.807, 2.05) is 19.2 Å². The zero-order chi connectivity index (χ0) is 14.8. The van der Waals surface area contributed by atoms with Crippen LogP contribution in [-0.4, -0.2) is 32.4 Å². The molecule has 0 bridgehead atoms. The third kappa shape index (κ3) is 2.95. The summed E-state index contributed by atoms with van der Waals surface area (Å²) in [5.74, 6) is 1.02. The van der Waals surface area contributed by atoms with E-state index >= 15 is 0 Å². The average Bonchev–Trinajstić information content (AvgIpc) is 2.91. The smallest absolute Gasteiger partial charge is 0.125 e. The summed E-state index contributed by atoms with van der Waals surface area (Å²) in [7, 11) is 3.75. The van der Waals surface area contributed by atoms with Crippen LogP contribution in [-0.2, 0) is 17.6 Å². The largest absolute Gasteiger partial charge is 0.493 e. The van der Waals surface area contributed by atoms with Crippen LogP contribution in [0.25, 0.3) is 0 Å². The molecule has 3 nitrogen and oxygen atoms in total. The number of halogens is 1. The Morgan fingerprint density at radius 2 is 2.25 bits per heavy atom. The number of benzene rings is 1. The number of hydrogen-bond donors (Lipinski definition) is 1. The maximum atomic E-state index is 6.23. The van der Waals surface area contributed by atoms with E-state index in [-0.39, 0.29) is 11.6 Å². The first kappa shape index (κ1) is 15.6. The van der Waals surface area contributed by atoms with E-state index in [2.05, 4.69) is 19.2 Å². The van der Waals surface area contributed by atoms with Gasteiger partial charge in [-0.05, 0) is 50.1 Å². The molecule has 0 amide bonds. The van der Waals surface area contributed by atoms with E-state index in [0.717, 1.165) is 36.6 Å². The van der Waals surface area contributed by atoms with Gasteiger partial charge in [0.25, 0.3) is 0 Å². The molecule has 0 radical (unpaired) electrons. The minimum Gasteiger partial charge on any atom is -0.493 e. The molecule has 0 saturated heterocycles. The van der Waals surface area contributed by atoms with Crippen molar-refractivity contribution in [3.8, 4) is 5.75 Å². The molecule has 1 aliphatic heterocycles. The second-order valence-corrected chi connectivity index (χ2v) is 6.00. The van der Waals surface area contributed by atoms with Crippen molar-refractivity contribution in [2.75, 3.05) is 20.8 Å². The molecule has 2 atom stereocenters. The summed E-state index contributed by atoms with van der Waals surface area (Å²) in [6, 6.07) is 4.24. The van der Waals surface area contributed by atoms with Crippen molar-refractivity contribution in [2.24, 2.45) is 0 Å². The quantitative estimate of drug-likeness (QED) is 0.874. The summed E-state index contributed by atoms with van der Waals surface area (Å²) < 4.78 is 11.5. The summed E-state index contributed by atoms with van der Waals surface area (Å²) in [5, 5.41) is 4.17. The molecule has 1 aromatic carbocycles. The van der Waals surface area contributed by atoms with Crippen molar-refractivity contribution in [1.82, 2.24) is 5.32 Å². The van der Waals surface area contributed by atoms with Crippen LogP contribution in [0.5, 0.6) is 5.75 Å². The normalized spacial score (nSPS) is 18.2. The number of methoxy groups -OCH3 is 1. The molecule has 0 aliphatic carbocycles. The fraction of sp³-hybridized carbons (Fsp3) is 0.625. The minimum atomic E-state index is -0.206. The monoisotopic (exact) mass is 297 g/mol. The number of likely N-dealkylation sites (N-methyl/N-ethyl adjacent to an activating group) is 1. The van der Waals surface area contributed by atoms with Crippen LogP contribution in [0, 0.1) is 0 Å². The lowest BCUT2D eigenvalue weighted by molar-refractivity contribution is -0.0269. The highest BCUT2D eigenvalue weighted by Gasteiger charge is 2.33. The molecule has 1 aromatic rings. The van der Waals surface area contributed by atoms with Gasteiger partial charge >= 0.3 is 0 Å². The number of rotatable bonds is 6. The van der Waals surface area contributed by atoms with E-state index in [0.29, 0.717) is 0 Å². The van der Waals surface area contributed by atoms with Gasteiger partial charge in [0.1, 0.15) is 5.75 Å². The number of hydrogen-bond acceptors (Lipinski definition) is 3. The van der Waals surface area contributed by atoms with Gasteiger partial charge in [-0.15, -0.1) is 0 Å². The maximum absolute atomic E-state index is 6.23. The van der Waals surface area contributed by atoms with Crippen LogP contribution < -0.4 is 10.1 Å². The molecule has 4 heteroatoms. The van der Waals surface area contributed by atoms with Gasteiger partial charge in [-0.3, -0.25) is 0 Å².